The van der Waals surface area contributed by atoms with Gasteiger partial charge in [0.1, 0.15) is 11.3 Å². The Labute approximate surface area is 211 Å². The van der Waals surface area contributed by atoms with Crippen molar-refractivity contribution in [1.29, 1.82) is 0 Å². The van der Waals surface area contributed by atoms with Gasteiger partial charge in [0.15, 0.2) is 4.90 Å². The average molecular weight is 510 g/mol. The van der Waals surface area contributed by atoms with Gasteiger partial charge in [0.25, 0.3) is 21.5 Å². The number of carbonyl (C=O) groups is 1. The fourth-order valence-corrected chi connectivity index (χ4v) is 6.13. The Morgan fingerprint density at radius 1 is 1.14 bits per heavy atom. The van der Waals surface area contributed by atoms with Crippen LogP contribution in [0.3, 0.4) is 0 Å². The van der Waals surface area contributed by atoms with Gasteiger partial charge in [-0.25, -0.2) is 13.1 Å². The summed E-state index contributed by atoms with van der Waals surface area (Å²) in [6, 6.07) is 12.3. The van der Waals surface area contributed by atoms with Gasteiger partial charge < -0.3 is 9.72 Å². The summed E-state index contributed by atoms with van der Waals surface area (Å²) in [5.41, 5.74) is 3.81. The molecule has 2 heterocycles. The second-order valence-electron chi connectivity index (χ2n) is 9.32. The number of rotatable bonds is 7. The molecule has 0 unspecified atom stereocenters. The van der Waals surface area contributed by atoms with Gasteiger partial charge in [0, 0.05) is 24.8 Å². The first-order chi connectivity index (χ1) is 17.0. The first-order valence-electron chi connectivity index (χ1n) is 11.8. The van der Waals surface area contributed by atoms with Crippen molar-refractivity contribution in [3.8, 4) is 5.75 Å². The summed E-state index contributed by atoms with van der Waals surface area (Å²) in [5.74, 6) is -0.0724. The van der Waals surface area contributed by atoms with Gasteiger partial charge in [-0.05, 0) is 75.1 Å². The SMILES string of the molecule is CCOc1cccc2c1CN(Cc1c(C)cc(C)cc1C)[C@]2(C)C(=O)NS(=O)(=O)c1ccc[nH]c1=O. The van der Waals surface area contributed by atoms with E-state index in [1.54, 1.807) is 13.0 Å². The topological polar surface area (TPSA) is 109 Å². The summed E-state index contributed by atoms with van der Waals surface area (Å²) >= 11 is 0. The minimum atomic E-state index is -4.41. The quantitative estimate of drug-likeness (QED) is 0.505. The number of pyridine rings is 1. The van der Waals surface area contributed by atoms with Crippen LogP contribution in [0.2, 0.25) is 0 Å². The lowest BCUT2D eigenvalue weighted by Gasteiger charge is -2.35. The van der Waals surface area contributed by atoms with Crippen LogP contribution in [0.1, 0.15) is 47.2 Å². The predicted molar refractivity (Wildman–Crippen MR) is 137 cm³/mol. The number of nitrogens with one attached hydrogen (secondary N) is 2. The molecule has 0 aliphatic carbocycles. The largest absolute Gasteiger partial charge is 0.494 e. The monoisotopic (exact) mass is 509 g/mol. The second-order valence-corrected chi connectivity index (χ2v) is 11.0. The maximum Gasteiger partial charge on any atom is 0.269 e. The highest BCUT2D eigenvalue weighted by atomic mass is 32.2. The van der Waals surface area contributed by atoms with Crippen LogP contribution in [-0.4, -0.2) is 30.8 Å². The number of H-pyrrole nitrogens is 1. The van der Waals surface area contributed by atoms with Crippen molar-refractivity contribution in [3.05, 3.63) is 92.4 Å². The number of aromatic amines is 1. The molecule has 2 N–H and O–H groups in total. The zero-order valence-corrected chi connectivity index (χ0v) is 22.0. The second kappa shape index (κ2) is 9.55. The Morgan fingerprint density at radius 3 is 2.47 bits per heavy atom. The van der Waals surface area contributed by atoms with E-state index < -0.39 is 31.9 Å². The third kappa shape index (κ3) is 4.44. The molecular formula is C27H31N3O5S. The first-order valence-corrected chi connectivity index (χ1v) is 13.3. The zero-order valence-electron chi connectivity index (χ0n) is 21.1. The molecule has 8 nitrogen and oxygen atoms in total. The highest BCUT2D eigenvalue weighted by Crippen LogP contribution is 2.44. The van der Waals surface area contributed by atoms with E-state index in [4.69, 9.17) is 4.74 Å². The predicted octanol–water partition coefficient (Wildman–Crippen LogP) is 3.43. The first kappa shape index (κ1) is 25.7. The summed E-state index contributed by atoms with van der Waals surface area (Å²) < 4.78 is 34.1. The summed E-state index contributed by atoms with van der Waals surface area (Å²) in [7, 11) is -4.41. The number of amides is 1. The number of carbonyl (C=O) groups excluding carboxylic acids is 1. The van der Waals surface area contributed by atoms with E-state index in [1.165, 1.54) is 18.3 Å². The van der Waals surface area contributed by atoms with Gasteiger partial charge in [0.05, 0.1) is 6.61 Å². The van der Waals surface area contributed by atoms with Crippen LogP contribution in [0.4, 0.5) is 0 Å². The molecule has 4 rings (SSSR count). The number of aryl methyl sites for hydroxylation is 3. The lowest BCUT2D eigenvalue weighted by molar-refractivity contribution is -0.131. The molecule has 1 amide bonds. The van der Waals surface area contributed by atoms with Gasteiger partial charge in [-0.2, -0.15) is 0 Å². The van der Waals surface area contributed by atoms with Crippen molar-refractivity contribution in [2.75, 3.05) is 6.61 Å². The van der Waals surface area contributed by atoms with Gasteiger partial charge in [-0.1, -0.05) is 29.8 Å². The number of nitrogens with zero attached hydrogens (tertiary/aromatic N) is 1. The molecule has 0 saturated heterocycles. The summed E-state index contributed by atoms with van der Waals surface area (Å²) in [6.07, 6.45) is 1.33. The minimum Gasteiger partial charge on any atom is -0.494 e. The maximum atomic E-state index is 13.8. The number of hydrogen-bond donors (Lipinski definition) is 2. The molecule has 1 atom stereocenters. The van der Waals surface area contributed by atoms with E-state index in [-0.39, 0.29) is 0 Å². The van der Waals surface area contributed by atoms with Crippen LogP contribution in [-0.2, 0) is 33.4 Å². The standard InChI is InChI=1S/C27H31N3O5S/c1-6-35-23-10-7-9-22-21(23)16-30(15-20-18(3)13-17(2)14-19(20)4)27(22,5)26(32)29-36(33,34)24-11-8-12-28-25(24)31/h7-14H,6,15-16H2,1-5H3,(H,28,31)(H,29,32)/t27-/m0/s1. The van der Waals surface area contributed by atoms with E-state index in [2.05, 4.69) is 21.8 Å². The molecular weight excluding hydrogens is 478 g/mol. The lowest BCUT2D eigenvalue weighted by atomic mass is 9.89. The lowest BCUT2D eigenvalue weighted by Crippen LogP contribution is -2.52. The van der Waals surface area contributed by atoms with Crippen LogP contribution in [0.15, 0.2) is 58.4 Å². The molecule has 3 aromatic rings. The van der Waals surface area contributed by atoms with Gasteiger partial charge in [-0.3, -0.25) is 14.5 Å². The summed E-state index contributed by atoms with van der Waals surface area (Å²) in [4.78, 5) is 29.8. The summed E-state index contributed by atoms with van der Waals surface area (Å²) in [6.45, 7) is 11.0. The Hall–Kier alpha value is -3.43. The molecule has 36 heavy (non-hydrogen) atoms. The van der Waals surface area contributed by atoms with Crippen molar-refractivity contribution < 1.29 is 17.9 Å². The molecule has 190 valence electrons. The minimum absolute atomic E-state index is 0.397. The maximum absolute atomic E-state index is 13.8. The number of ether oxygens (including phenoxy) is 1. The third-order valence-electron chi connectivity index (χ3n) is 6.87. The molecule has 1 aliphatic rings. The Bertz CT molecular complexity index is 1470. The van der Waals surface area contributed by atoms with Crippen LogP contribution in [0.5, 0.6) is 5.75 Å². The smallest absolute Gasteiger partial charge is 0.269 e. The Balaban J connectivity index is 1.80. The number of benzene rings is 2. The number of hydrogen-bond acceptors (Lipinski definition) is 6. The van der Waals surface area contributed by atoms with Gasteiger partial charge >= 0.3 is 0 Å². The number of fused-ring (bicyclic) bond motifs is 1. The van der Waals surface area contributed by atoms with Crippen molar-refractivity contribution in [2.24, 2.45) is 0 Å². The van der Waals surface area contributed by atoms with Gasteiger partial charge in [-0.15, -0.1) is 0 Å². The highest BCUT2D eigenvalue weighted by molar-refractivity contribution is 7.90. The number of sulfonamides is 1. The third-order valence-corrected chi connectivity index (χ3v) is 8.22. The van der Waals surface area contributed by atoms with Crippen molar-refractivity contribution in [2.45, 2.75) is 58.1 Å². The molecule has 9 heteroatoms. The van der Waals surface area contributed by atoms with E-state index in [9.17, 15) is 18.0 Å². The molecule has 2 aromatic carbocycles. The molecule has 0 spiro atoms. The van der Waals surface area contributed by atoms with Crippen LogP contribution in [0, 0.1) is 20.8 Å². The zero-order chi connectivity index (χ0) is 26.3. The van der Waals surface area contributed by atoms with E-state index in [1.807, 2.05) is 44.7 Å². The molecule has 0 fully saturated rings. The number of aromatic nitrogens is 1. The Kier molecular flexibility index (Phi) is 6.81. The molecule has 0 bridgehead atoms. The van der Waals surface area contributed by atoms with Crippen LogP contribution in [0.25, 0.3) is 0 Å². The van der Waals surface area contributed by atoms with Crippen LogP contribution >= 0.6 is 0 Å². The molecule has 1 aliphatic heterocycles. The fraction of sp³-hybridized carbons (Fsp3) is 0.333. The Morgan fingerprint density at radius 2 is 1.83 bits per heavy atom. The van der Waals surface area contributed by atoms with Crippen molar-refractivity contribution in [1.82, 2.24) is 14.6 Å². The van der Waals surface area contributed by atoms with Crippen molar-refractivity contribution in [3.63, 3.8) is 0 Å². The van der Waals surface area contributed by atoms with E-state index in [0.29, 0.717) is 31.0 Å². The fourth-order valence-electron chi connectivity index (χ4n) is 5.02. The molecule has 1 aromatic heterocycles. The van der Waals surface area contributed by atoms with Gasteiger partial charge in [0.2, 0.25) is 0 Å². The summed E-state index contributed by atoms with van der Waals surface area (Å²) in [5, 5.41) is 0. The normalized spacial score (nSPS) is 17.6. The molecule has 0 radical (unpaired) electrons. The van der Waals surface area contributed by atoms with E-state index in [0.717, 1.165) is 27.8 Å². The van der Waals surface area contributed by atoms with E-state index >= 15 is 0 Å². The molecule has 0 saturated carbocycles. The average Bonchev–Trinajstić information content (AvgIpc) is 3.10. The highest BCUT2D eigenvalue weighted by Gasteiger charge is 2.49. The van der Waals surface area contributed by atoms with Crippen molar-refractivity contribution >= 4 is 15.9 Å². The van der Waals surface area contributed by atoms with Crippen LogP contribution < -0.4 is 15.0 Å².